The van der Waals surface area contributed by atoms with E-state index in [0.717, 1.165) is 0 Å². The van der Waals surface area contributed by atoms with Crippen molar-refractivity contribution in [3.05, 3.63) is 0 Å². The Morgan fingerprint density at radius 1 is 0.458 bits per heavy atom. The molecule has 120 valence electrons. The van der Waals surface area contributed by atoms with Gasteiger partial charge >= 0.3 is 152 Å². The van der Waals surface area contributed by atoms with Crippen molar-refractivity contribution in [2.45, 2.75) is 0 Å². The van der Waals surface area contributed by atoms with Crippen LogP contribution in [0.2, 0.25) is 0 Å². The molecule has 0 spiro atoms. The van der Waals surface area contributed by atoms with Crippen molar-refractivity contribution in [1.29, 1.82) is 0 Å². The fourth-order valence-electron chi connectivity index (χ4n) is 0.122. The van der Waals surface area contributed by atoms with Crippen LogP contribution in [0.3, 0.4) is 0 Å². The summed E-state index contributed by atoms with van der Waals surface area (Å²) in [6.07, 6.45) is 0. The summed E-state index contributed by atoms with van der Waals surface area (Å²) in [7, 11) is -22.1. The molecule has 0 aromatic rings. The van der Waals surface area contributed by atoms with Gasteiger partial charge < -0.3 is 71.5 Å². The average molecular weight is 615 g/mol. The molecule has 0 unspecified atom stereocenters. The predicted octanol–water partition coefficient (Wildman–Crippen LogP) is -10.1. The first kappa shape index (κ1) is 51.8. The summed E-state index contributed by atoms with van der Waals surface area (Å²) in [5, 5.41) is 0. The van der Waals surface area contributed by atoms with E-state index in [1.165, 1.54) is 0 Å². The monoisotopic (exact) mass is 612 g/mol. The van der Waals surface area contributed by atoms with Gasteiger partial charge in [-0.05, 0) is 0 Å². The van der Waals surface area contributed by atoms with Gasteiger partial charge in [0.2, 0.25) is 0 Å². The molecule has 0 aliphatic rings. The summed E-state index contributed by atoms with van der Waals surface area (Å²) in [5.41, 5.74) is 0. The van der Waals surface area contributed by atoms with Crippen LogP contribution in [0.1, 0.15) is 0 Å². The van der Waals surface area contributed by atoms with E-state index in [1.54, 1.807) is 0 Å². The molecule has 0 amide bonds. The molecule has 0 bridgehead atoms. The van der Waals surface area contributed by atoms with E-state index in [4.69, 9.17) is 38.5 Å². The Labute approximate surface area is 250 Å². The molecule has 0 aromatic carbocycles. The van der Waals surface area contributed by atoms with Gasteiger partial charge in [0.1, 0.15) is 0 Å². The van der Waals surface area contributed by atoms with Crippen molar-refractivity contribution >= 4 is 145 Å². The quantitative estimate of drug-likeness (QED) is 0.206. The van der Waals surface area contributed by atoms with Gasteiger partial charge in [0.25, 0.3) is 0 Å². The van der Waals surface area contributed by atoms with Gasteiger partial charge in [-0.3, -0.25) is 0 Å². The van der Waals surface area contributed by atoms with E-state index in [-0.39, 0.29) is 152 Å². The second kappa shape index (κ2) is 23.2. The summed E-state index contributed by atoms with van der Waals surface area (Å²) < 4.78 is 38.3. The van der Waals surface area contributed by atoms with Gasteiger partial charge in [0.05, 0.1) is 15.6 Å². The zero-order chi connectivity index (χ0) is 16.7. The molecule has 0 rings (SSSR count). The molecule has 0 aliphatic heterocycles. The zero-order valence-corrected chi connectivity index (χ0v) is 27.6. The van der Waals surface area contributed by atoms with Crippen LogP contribution in [-0.4, -0.2) is 113 Å². The average Bonchev–Trinajstić information content (AvgIpc) is 1.63. The Morgan fingerprint density at radius 2 is 0.542 bits per heavy atom. The molecule has 24 heteroatoms. The number of phosphoric acid groups is 4. The molecule has 0 aliphatic carbocycles. The van der Waals surface area contributed by atoms with Crippen LogP contribution >= 0.6 is 31.3 Å². The normalized spacial score (nSPS) is 10.1. The molecular formula is Ca3O15P4Zn2. The van der Waals surface area contributed by atoms with Gasteiger partial charge in [-0.2, -0.15) is 15.6 Å². The third-order valence-corrected chi connectivity index (χ3v) is 1.80. The van der Waals surface area contributed by atoms with Crippen LogP contribution < -0.4 is 48.9 Å². The van der Waals surface area contributed by atoms with Crippen LogP contribution in [0.5, 0.6) is 0 Å². The summed E-state index contributed by atoms with van der Waals surface area (Å²) in [6, 6.07) is 0. The second-order valence-corrected chi connectivity index (χ2v) is 6.10. The molecule has 24 heavy (non-hydrogen) atoms. The zero-order valence-electron chi connectivity index (χ0n) is 11.4. The third kappa shape index (κ3) is 146. The number of rotatable bonds is 2. The molecule has 15 nitrogen and oxygen atoms in total. The Hall–Kier alpha value is 5.51. The first-order chi connectivity index (χ1) is 7.71. The van der Waals surface area contributed by atoms with Crippen LogP contribution in [0.4, 0.5) is 0 Å². The minimum Gasteiger partial charge on any atom is -0.822 e. The van der Waals surface area contributed by atoms with Crippen LogP contribution in [0.15, 0.2) is 0 Å². The predicted molar refractivity (Wildman–Crippen MR) is 48.8 cm³/mol. The molecule has 0 aromatic heterocycles. The van der Waals surface area contributed by atoms with Crippen molar-refractivity contribution in [3.8, 4) is 0 Å². The maximum atomic E-state index is 9.32. The van der Waals surface area contributed by atoms with E-state index in [2.05, 4.69) is 4.31 Å². The molecule has 0 atom stereocenters. The Kier molecular flexibility index (Phi) is 50.1. The second-order valence-electron chi connectivity index (χ2n) is 1.87. The van der Waals surface area contributed by atoms with Crippen molar-refractivity contribution < 1.29 is 110 Å². The summed E-state index contributed by atoms with van der Waals surface area (Å²) in [6.45, 7) is 0. The molecule has 0 saturated carbocycles. The maximum Gasteiger partial charge on any atom is 2.00 e. The fourth-order valence-corrected chi connectivity index (χ4v) is 1.10. The fraction of sp³-hybridized carbons (Fsp3) is 0. The molecule has 0 saturated heterocycles. The summed E-state index contributed by atoms with van der Waals surface area (Å²) >= 11 is 0. The largest absolute Gasteiger partial charge is 2.00 e. The topological polar surface area (TPSA) is 308 Å². The SMILES string of the molecule is O=P([O-])([O-])OP(=O)([O-])[O-].O=P([O-])([O-])[O-].O=P([O-])([O-])[O-].[Ca+2].[Ca+2].[Ca+2].[Zn+2].[Zn+2]. The van der Waals surface area contributed by atoms with E-state index in [9.17, 15) is 28.7 Å². The van der Waals surface area contributed by atoms with Gasteiger partial charge in [0.15, 0.2) is 0 Å². The number of hydrogen-bond acceptors (Lipinski definition) is 15. The van der Waals surface area contributed by atoms with E-state index in [0.29, 0.717) is 0 Å². The Bertz CT molecular complexity index is 371. The third-order valence-electron chi connectivity index (χ3n) is 0.200. The summed E-state index contributed by atoms with van der Waals surface area (Å²) in [4.78, 5) is 88.6. The standard InChI is InChI=1S/3Ca.H4O7P2.2H3O4P.2Zn/c;;;1-8(2,3)7-9(4,5)6;2*1-5(2,3)4;;/h;;;(H2,1,2,3)(H2,4,5,6);2*(H3,1,2,3,4);;/q3*+2;;;;2*+2/p-10. The van der Waals surface area contributed by atoms with Gasteiger partial charge in [-0.15, -0.1) is 0 Å². The number of hydrogen-bond donors (Lipinski definition) is 0. The first-order valence-electron chi connectivity index (χ1n) is 2.92. The van der Waals surface area contributed by atoms with E-state index in [1.807, 2.05) is 0 Å². The first-order valence-corrected chi connectivity index (χ1v) is 8.76. The van der Waals surface area contributed by atoms with E-state index >= 15 is 0 Å². The smallest absolute Gasteiger partial charge is 0.822 e. The van der Waals surface area contributed by atoms with Gasteiger partial charge in [0, 0.05) is 0 Å². The van der Waals surface area contributed by atoms with Gasteiger partial charge in [-0.25, -0.2) is 0 Å². The van der Waals surface area contributed by atoms with Crippen molar-refractivity contribution in [1.82, 2.24) is 0 Å². The Balaban J connectivity index is -0.0000000255. The van der Waals surface area contributed by atoms with E-state index < -0.39 is 31.3 Å². The minimum atomic E-state index is -5.68. The van der Waals surface area contributed by atoms with Gasteiger partial charge in [-0.1, -0.05) is 0 Å². The van der Waals surface area contributed by atoms with Crippen molar-refractivity contribution in [2.24, 2.45) is 0 Å². The van der Waals surface area contributed by atoms with Crippen LogP contribution in [0.25, 0.3) is 0 Å². The summed E-state index contributed by atoms with van der Waals surface area (Å²) in [5.74, 6) is 0. The van der Waals surface area contributed by atoms with Crippen molar-refractivity contribution in [2.75, 3.05) is 0 Å². The molecule has 0 heterocycles. The van der Waals surface area contributed by atoms with Crippen LogP contribution in [0, 0.1) is 0 Å². The van der Waals surface area contributed by atoms with Crippen molar-refractivity contribution in [3.63, 3.8) is 0 Å². The molecule has 0 radical (unpaired) electrons. The molecule has 0 fully saturated rings. The van der Waals surface area contributed by atoms with Crippen LogP contribution in [-0.2, 0) is 61.5 Å². The molecule has 0 N–H and O–H groups in total. The minimum absolute atomic E-state index is 0. The maximum absolute atomic E-state index is 9.32. The Morgan fingerprint density at radius 3 is 0.542 bits per heavy atom. The molecular weight excluding hydrogens is 615 g/mol.